The minimum absolute atomic E-state index is 0.228. The topological polar surface area (TPSA) is 45.5 Å². The van der Waals surface area contributed by atoms with Crippen LogP contribution >= 0.6 is 31.9 Å². The molecule has 1 aliphatic rings. The van der Waals surface area contributed by atoms with Gasteiger partial charge in [-0.1, -0.05) is 0 Å². The first-order chi connectivity index (χ1) is 8.06. The third-order valence-electron chi connectivity index (χ3n) is 2.89. The summed E-state index contributed by atoms with van der Waals surface area (Å²) in [5.41, 5.74) is 0. The maximum Gasteiger partial charge on any atom is 0.222 e. The molecule has 1 N–H and O–H groups in total. The predicted molar refractivity (Wildman–Crippen MR) is 71.6 cm³/mol. The SMILES string of the molecule is CN1CC(NCc2cc(Br)c(Br)o2)CCC1=O. The van der Waals surface area contributed by atoms with Crippen LogP contribution in [0.25, 0.3) is 0 Å². The highest BCUT2D eigenvalue weighted by atomic mass is 79.9. The van der Waals surface area contributed by atoms with Crippen molar-refractivity contribution < 1.29 is 9.21 Å². The van der Waals surface area contributed by atoms with Gasteiger partial charge in [0.25, 0.3) is 0 Å². The maximum absolute atomic E-state index is 11.3. The highest BCUT2D eigenvalue weighted by Crippen LogP contribution is 2.26. The number of carbonyl (C=O) groups excluding carboxylic acids is 1. The fourth-order valence-electron chi connectivity index (χ4n) is 1.90. The molecule has 6 heteroatoms. The summed E-state index contributed by atoms with van der Waals surface area (Å²) in [7, 11) is 1.84. The third kappa shape index (κ3) is 3.33. The zero-order chi connectivity index (χ0) is 12.4. The summed E-state index contributed by atoms with van der Waals surface area (Å²) in [5, 5.41) is 3.40. The van der Waals surface area contributed by atoms with Gasteiger partial charge in [0.1, 0.15) is 5.76 Å². The summed E-state index contributed by atoms with van der Waals surface area (Å²) >= 11 is 6.68. The van der Waals surface area contributed by atoms with E-state index in [0.29, 0.717) is 23.7 Å². The average molecular weight is 366 g/mol. The first-order valence-corrected chi connectivity index (χ1v) is 7.06. The van der Waals surface area contributed by atoms with Crippen molar-refractivity contribution >= 4 is 37.8 Å². The van der Waals surface area contributed by atoms with Crippen LogP contribution in [0.1, 0.15) is 18.6 Å². The first kappa shape index (κ1) is 13.1. The Balaban J connectivity index is 1.84. The van der Waals surface area contributed by atoms with Crippen LogP contribution in [0.15, 0.2) is 19.6 Å². The Labute approximate surface area is 117 Å². The molecule has 1 unspecified atom stereocenters. The van der Waals surface area contributed by atoms with E-state index in [0.717, 1.165) is 23.2 Å². The molecule has 1 atom stereocenters. The van der Waals surface area contributed by atoms with Gasteiger partial charge in [-0.2, -0.15) is 0 Å². The molecule has 1 aromatic rings. The van der Waals surface area contributed by atoms with Crippen LogP contribution in [0.3, 0.4) is 0 Å². The molecule has 1 amide bonds. The minimum Gasteiger partial charge on any atom is -0.452 e. The number of hydrogen-bond acceptors (Lipinski definition) is 3. The lowest BCUT2D eigenvalue weighted by Gasteiger charge is -2.30. The van der Waals surface area contributed by atoms with Crippen molar-refractivity contribution in [2.75, 3.05) is 13.6 Å². The lowest BCUT2D eigenvalue weighted by atomic mass is 10.1. The smallest absolute Gasteiger partial charge is 0.222 e. The number of nitrogens with zero attached hydrogens (tertiary/aromatic N) is 1. The number of amides is 1. The number of halogens is 2. The molecule has 2 heterocycles. The van der Waals surface area contributed by atoms with E-state index in [9.17, 15) is 4.79 Å². The molecule has 0 saturated carbocycles. The van der Waals surface area contributed by atoms with Crippen LogP contribution < -0.4 is 5.32 Å². The van der Waals surface area contributed by atoms with Gasteiger partial charge >= 0.3 is 0 Å². The van der Waals surface area contributed by atoms with Crippen molar-refractivity contribution in [1.82, 2.24) is 10.2 Å². The second kappa shape index (κ2) is 5.54. The van der Waals surface area contributed by atoms with Crippen LogP contribution in [0.4, 0.5) is 0 Å². The molecule has 1 aromatic heterocycles. The van der Waals surface area contributed by atoms with Gasteiger partial charge in [-0.25, -0.2) is 0 Å². The molecule has 94 valence electrons. The Bertz CT molecular complexity index is 400. The Hall–Kier alpha value is -0.330. The molecular formula is C11H14Br2N2O2. The van der Waals surface area contributed by atoms with Gasteiger partial charge in [0.15, 0.2) is 4.67 Å². The molecule has 0 aliphatic carbocycles. The van der Waals surface area contributed by atoms with Crippen molar-refractivity contribution in [3.05, 3.63) is 21.0 Å². The summed E-state index contributed by atoms with van der Waals surface area (Å²) in [5.74, 6) is 1.11. The standard InChI is InChI=1S/C11H14Br2N2O2/c1-15-6-7(2-3-10(15)16)14-5-8-4-9(12)11(13)17-8/h4,7,14H,2-3,5-6H2,1H3. The van der Waals surface area contributed by atoms with Gasteiger partial charge in [0, 0.05) is 26.1 Å². The fraction of sp³-hybridized carbons (Fsp3) is 0.545. The van der Waals surface area contributed by atoms with Gasteiger partial charge in [-0.3, -0.25) is 4.79 Å². The maximum atomic E-state index is 11.3. The lowest BCUT2D eigenvalue weighted by Crippen LogP contribution is -2.46. The number of nitrogens with one attached hydrogen (secondary N) is 1. The van der Waals surface area contributed by atoms with Crippen LogP contribution in [0, 0.1) is 0 Å². The normalized spacial score (nSPS) is 21.0. The van der Waals surface area contributed by atoms with Gasteiger partial charge < -0.3 is 14.6 Å². The Kier molecular flexibility index (Phi) is 4.27. The number of likely N-dealkylation sites (N-methyl/N-ethyl adjacent to an activating group) is 1. The van der Waals surface area contributed by atoms with Crippen LogP contribution in [-0.2, 0) is 11.3 Å². The van der Waals surface area contributed by atoms with E-state index < -0.39 is 0 Å². The molecule has 17 heavy (non-hydrogen) atoms. The highest BCUT2D eigenvalue weighted by molar-refractivity contribution is 9.13. The van der Waals surface area contributed by atoms with Gasteiger partial charge in [-0.05, 0) is 44.3 Å². The lowest BCUT2D eigenvalue weighted by molar-refractivity contribution is -0.132. The summed E-state index contributed by atoms with van der Waals surface area (Å²) in [6.45, 7) is 1.44. The van der Waals surface area contributed by atoms with Crippen LogP contribution in [0.5, 0.6) is 0 Å². The van der Waals surface area contributed by atoms with E-state index >= 15 is 0 Å². The molecule has 1 fully saturated rings. The number of hydrogen-bond donors (Lipinski definition) is 1. The second-order valence-electron chi connectivity index (χ2n) is 4.23. The van der Waals surface area contributed by atoms with E-state index in [1.165, 1.54) is 0 Å². The number of carbonyl (C=O) groups is 1. The van der Waals surface area contributed by atoms with Crippen molar-refractivity contribution in [1.29, 1.82) is 0 Å². The number of likely N-dealkylation sites (tertiary alicyclic amines) is 1. The number of piperidine rings is 1. The van der Waals surface area contributed by atoms with E-state index in [2.05, 4.69) is 37.2 Å². The van der Waals surface area contributed by atoms with E-state index in [4.69, 9.17) is 4.42 Å². The largest absolute Gasteiger partial charge is 0.452 e. The fourth-order valence-corrected chi connectivity index (χ4v) is 2.56. The van der Waals surface area contributed by atoms with E-state index in [1.807, 2.05) is 13.1 Å². The summed E-state index contributed by atoms with van der Waals surface area (Å²) in [6.07, 6.45) is 1.52. The Morgan fingerprint density at radius 3 is 2.94 bits per heavy atom. The van der Waals surface area contributed by atoms with Crippen molar-refractivity contribution in [3.63, 3.8) is 0 Å². The molecule has 0 aromatic carbocycles. The molecule has 0 spiro atoms. The first-order valence-electron chi connectivity index (χ1n) is 5.47. The molecule has 0 radical (unpaired) electrons. The van der Waals surface area contributed by atoms with E-state index in [1.54, 1.807) is 4.90 Å². The molecule has 1 saturated heterocycles. The summed E-state index contributed by atoms with van der Waals surface area (Å²) in [6, 6.07) is 2.29. The van der Waals surface area contributed by atoms with Crippen LogP contribution in [0.2, 0.25) is 0 Å². The molecule has 0 bridgehead atoms. The zero-order valence-electron chi connectivity index (χ0n) is 9.50. The molecule has 4 nitrogen and oxygen atoms in total. The van der Waals surface area contributed by atoms with Crippen molar-refractivity contribution in [2.45, 2.75) is 25.4 Å². The average Bonchev–Trinajstić information content (AvgIpc) is 2.60. The minimum atomic E-state index is 0.228. The van der Waals surface area contributed by atoms with Crippen LogP contribution in [-0.4, -0.2) is 30.4 Å². The van der Waals surface area contributed by atoms with Crippen molar-refractivity contribution in [3.8, 4) is 0 Å². The number of rotatable bonds is 3. The zero-order valence-corrected chi connectivity index (χ0v) is 12.7. The second-order valence-corrected chi connectivity index (χ2v) is 5.80. The quantitative estimate of drug-likeness (QED) is 0.895. The van der Waals surface area contributed by atoms with E-state index in [-0.39, 0.29) is 5.91 Å². The van der Waals surface area contributed by atoms with Gasteiger partial charge in [0.05, 0.1) is 11.0 Å². The summed E-state index contributed by atoms with van der Waals surface area (Å²) < 4.78 is 7.11. The third-order valence-corrected chi connectivity index (χ3v) is 4.60. The monoisotopic (exact) mass is 364 g/mol. The van der Waals surface area contributed by atoms with Gasteiger partial charge in [0.2, 0.25) is 5.91 Å². The summed E-state index contributed by atoms with van der Waals surface area (Å²) in [4.78, 5) is 13.1. The molecule has 2 rings (SSSR count). The highest BCUT2D eigenvalue weighted by Gasteiger charge is 2.22. The van der Waals surface area contributed by atoms with Crippen molar-refractivity contribution in [2.24, 2.45) is 0 Å². The Morgan fingerprint density at radius 1 is 1.59 bits per heavy atom. The Morgan fingerprint density at radius 2 is 2.35 bits per heavy atom. The molecular weight excluding hydrogens is 352 g/mol. The predicted octanol–water partition coefficient (Wildman–Crippen LogP) is 2.52. The van der Waals surface area contributed by atoms with Gasteiger partial charge in [-0.15, -0.1) is 0 Å². The number of furan rings is 1. The molecule has 1 aliphatic heterocycles.